The van der Waals surface area contributed by atoms with Gasteiger partial charge in [-0.05, 0) is 17.7 Å². The van der Waals surface area contributed by atoms with Gasteiger partial charge in [0.15, 0.2) is 0 Å². The first kappa shape index (κ1) is 10.9. The van der Waals surface area contributed by atoms with E-state index in [1.165, 1.54) is 0 Å². The first-order valence-electron chi connectivity index (χ1n) is 4.22. The Labute approximate surface area is 87.3 Å². The third-order valence-electron chi connectivity index (χ3n) is 1.60. The molecular weight excluding hydrogens is 204 g/mol. The van der Waals surface area contributed by atoms with Crippen LogP contribution in [0.15, 0.2) is 24.3 Å². The minimum absolute atomic E-state index is 0.0120. The molecule has 3 nitrogen and oxygen atoms in total. The lowest BCUT2D eigenvalue weighted by atomic mass is 10.1. The minimum atomic E-state index is -0.848. The van der Waals surface area contributed by atoms with E-state index in [4.69, 9.17) is 21.4 Å². The molecule has 0 radical (unpaired) electrons. The van der Waals surface area contributed by atoms with E-state index >= 15 is 0 Å². The standard InChI is InChI=1S/C10H11ClO3/c11-4-5-14-9-3-1-2-8(6-9)7-10(12)13/h1-3,6H,4-5,7H2,(H,12,13). The van der Waals surface area contributed by atoms with E-state index in [9.17, 15) is 4.79 Å². The van der Waals surface area contributed by atoms with Crippen molar-refractivity contribution in [2.75, 3.05) is 12.5 Å². The highest BCUT2D eigenvalue weighted by Crippen LogP contribution is 2.13. The lowest BCUT2D eigenvalue weighted by molar-refractivity contribution is -0.136. The van der Waals surface area contributed by atoms with E-state index in [2.05, 4.69) is 0 Å². The summed E-state index contributed by atoms with van der Waals surface area (Å²) in [5, 5.41) is 8.57. The summed E-state index contributed by atoms with van der Waals surface area (Å²) >= 11 is 5.46. The van der Waals surface area contributed by atoms with Crippen LogP contribution in [-0.4, -0.2) is 23.6 Å². The highest BCUT2D eigenvalue weighted by molar-refractivity contribution is 6.18. The van der Waals surface area contributed by atoms with Crippen LogP contribution in [0.1, 0.15) is 5.56 Å². The Bertz CT molecular complexity index is 312. The summed E-state index contributed by atoms with van der Waals surface area (Å²) in [5.74, 6) is 0.229. The number of carbonyl (C=O) groups is 1. The van der Waals surface area contributed by atoms with Crippen molar-refractivity contribution in [3.63, 3.8) is 0 Å². The monoisotopic (exact) mass is 214 g/mol. The number of hydrogen-bond acceptors (Lipinski definition) is 2. The van der Waals surface area contributed by atoms with E-state index < -0.39 is 5.97 Å². The molecule has 0 aliphatic carbocycles. The molecule has 0 aromatic heterocycles. The molecular formula is C10H11ClO3. The van der Waals surface area contributed by atoms with Gasteiger partial charge in [-0.15, -0.1) is 11.6 Å². The largest absolute Gasteiger partial charge is 0.492 e. The Hall–Kier alpha value is -1.22. The molecule has 0 atom stereocenters. The number of ether oxygens (including phenoxy) is 1. The number of aliphatic carboxylic acids is 1. The molecule has 0 aliphatic heterocycles. The SMILES string of the molecule is O=C(O)Cc1cccc(OCCCl)c1. The Morgan fingerprint density at radius 1 is 1.50 bits per heavy atom. The fourth-order valence-electron chi connectivity index (χ4n) is 1.08. The van der Waals surface area contributed by atoms with Gasteiger partial charge >= 0.3 is 5.97 Å². The summed E-state index contributed by atoms with van der Waals surface area (Å²) < 4.78 is 5.25. The van der Waals surface area contributed by atoms with Crippen molar-refractivity contribution < 1.29 is 14.6 Å². The van der Waals surface area contributed by atoms with Crippen LogP contribution < -0.4 is 4.74 Å². The van der Waals surface area contributed by atoms with Gasteiger partial charge in [0.1, 0.15) is 12.4 Å². The molecule has 1 aromatic rings. The average Bonchev–Trinajstić information content (AvgIpc) is 2.14. The molecule has 1 N–H and O–H groups in total. The van der Waals surface area contributed by atoms with E-state index in [1.54, 1.807) is 24.3 Å². The topological polar surface area (TPSA) is 46.5 Å². The van der Waals surface area contributed by atoms with Gasteiger partial charge in [0.2, 0.25) is 0 Å². The predicted octanol–water partition coefficient (Wildman–Crippen LogP) is 1.93. The summed E-state index contributed by atoms with van der Waals surface area (Å²) in [6.45, 7) is 0.429. The minimum Gasteiger partial charge on any atom is -0.492 e. The molecule has 14 heavy (non-hydrogen) atoms. The van der Waals surface area contributed by atoms with E-state index in [-0.39, 0.29) is 6.42 Å². The molecule has 1 aromatic carbocycles. The number of alkyl halides is 1. The van der Waals surface area contributed by atoms with Crippen LogP contribution in [0.2, 0.25) is 0 Å². The second-order valence-corrected chi connectivity index (χ2v) is 3.13. The lowest BCUT2D eigenvalue weighted by Gasteiger charge is -2.04. The molecule has 0 heterocycles. The highest BCUT2D eigenvalue weighted by Gasteiger charge is 2.01. The van der Waals surface area contributed by atoms with Gasteiger partial charge in [0, 0.05) is 0 Å². The van der Waals surface area contributed by atoms with Gasteiger partial charge in [-0.2, -0.15) is 0 Å². The zero-order valence-corrected chi connectivity index (χ0v) is 8.33. The normalized spacial score (nSPS) is 9.79. The molecule has 0 bridgehead atoms. The fraction of sp³-hybridized carbons (Fsp3) is 0.300. The molecule has 0 spiro atoms. The van der Waals surface area contributed by atoms with Crippen molar-refractivity contribution in [2.24, 2.45) is 0 Å². The number of carboxylic acid groups (broad SMARTS) is 1. The fourth-order valence-corrected chi connectivity index (χ4v) is 1.15. The second-order valence-electron chi connectivity index (χ2n) is 2.76. The van der Waals surface area contributed by atoms with Crippen molar-refractivity contribution >= 4 is 17.6 Å². The third-order valence-corrected chi connectivity index (χ3v) is 1.75. The first-order chi connectivity index (χ1) is 6.72. The zero-order valence-electron chi connectivity index (χ0n) is 7.57. The van der Waals surface area contributed by atoms with Crippen molar-refractivity contribution in [1.82, 2.24) is 0 Å². The molecule has 4 heteroatoms. The molecule has 0 unspecified atom stereocenters. The Morgan fingerprint density at radius 3 is 2.93 bits per heavy atom. The molecule has 76 valence electrons. The molecule has 0 saturated carbocycles. The van der Waals surface area contributed by atoms with Gasteiger partial charge in [0.05, 0.1) is 12.3 Å². The quantitative estimate of drug-likeness (QED) is 0.762. The van der Waals surface area contributed by atoms with Crippen LogP contribution in [-0.2, 0) is 11.2 Å². The summed E-state index contributed by atoms with van der Waals surface area (Å²) in [6, 6.07) is 7.00. The number of hydrogen-bond donors (Lipinski definition) is 1. The van der Waals surface area contributed by atoms with Crippen LogP contribution in [0.4, 0.5) is 0 Å². The van der Waals surface area contributed by atoms with Crippen molar-refractivity contribution in [1.29, 1.82) is 0 Å². The third kappa shape index (κ3) is 3.66. The maximum absolute atomic E-state index is 10.4. The summed E-state index contributed by atoms with van der Waals surface area (Å²) in [4.78, 5) is 10.4. The molecule has 1 rings (SSSR count). The maximum Gasteiger partial charge on any atom is 0.307 e. The maximum atomic E-state index is 10.4. The van der Waals surface area contributed by atoms with Crippen LogP contribution in [0, 0.1) is 0 Å². The number of benzene rings is 1. The van der Waals surface area contributed by atoms with E-state index in [0.29, 0.717) is 18.2 Å². The van der Waals surface area contributed by atoms with E-state index in [1.807, 2.05) is 0 Å². The van der Waals surface area contributed by atoms with Gasteiger partial charge in [-0.1, -0.05) is 12.1 Å². The Kier molecular flexibility index (Phi) is 4.26. The van der Waals surface area contributed by atoms with E-state index in [0.717, 1.165) is 5.56 Å². The van der Waals surface area contributed by atoms with Crippen molar-refractivity contribution in [2.45, 2.75) is 6.42 Å². The van der Waals surface area contributed by atoms with Crippen LogP contribution >= 0.6 is 11.6 Å². The van der Waals surface area contributed by atoms with Gasteiger partial charge < -0.3 is 9.84 Å². The summed E-state index contributed by atoms with van der Waals surface area (Å²) in [5.41, 5.74) is 0.726. The zero-order chi connectivity index (χ0) is 10.4. The molecule has 0 amide bonds. The molecule has 0 fully saturated rings. The van der Waals surface area contributed by atoms with Crippen LogP contribution in [0.3, 0.4) is 0 Å². The average molecular weight is 215 g/mol. The molecule has 0 aliphatic rings. The number of carboxylic acids is 1. The van der Waals surface area contributed by atoms with Gasteiger partial charge in [-0.25, -0.2) is 0 Å². The Balaban J connectivity index is 2.63. The van der Waals surface area contributed by atoms with Crippen molar-refractivity contribution in [3.8, 4) is 5.75 Å². The second kappa shape index (κ2) is 5.50. The van der Waals surface area contributed by atoms with Crippen LogP contribution in [0.25, 0.3) is 0 Å². The predicted molar refractivity (Wildman–Crippen MR) is 54.0 cm³/mol. The lowest BCUT2D eigenvalue weighted by Crippen LogP contribution is -2.01. The first-order valence-corrected chi connectivity index (χ1v) is 4.75. The highest BCUT2D eigenvalue weighted by atomic mass is 35.5. The number of rotatable bonds is 5. The molecule has 0 saturated heterocycles. The van der Waals surface area contributed by atoms with Crippen LogP contribution in [0.5, 0.6) is 5.75 Å². The smallest absolute Gasteiger partial charge is 0.307 e. The summed E-state index contributed by atoms with van der Waals surface area (Å²) in [6.07, 6.45) is 0.0120. The van der Waals surface area contributed by atoms with Crippen molar-refractivity contribution in [3.05, 3.63) is 29.8 Å². The summed E-state index contributed by atoms with van der Waals surface area (Å²) in [7, 11) is 0. The van der Waals surface area contributed by atoms with Gasteiger partial charge in [-0.3, -0.25) is 4.79 Å². The van der Waals surface area contributed by atoms with Gasteiger partial charge in [0.25, 0.3) is 0 Å². The number of halogens is 1. The Morgan fingerprint density at radius 2 is 2.29 bits per heavy atom.